The van der Waals surface area contributed by atoms with Crippen molar-refractivity contribution in [3.05, 3.63) is 66.2 Å². The minimum atomic E-state index is -0.254. The smallest absolute Gasteiger partial charge is 0.233 e. The number of rotatable bonds is 3. The third-order valence-electron chi connectivity index (χ3n) is 5.63. The van der Waals surface area contributed by atoms with Crippen LogP contribution in [-0.4, -0.2) is 37.0 Å². The topological polar surface area (TPSA) is 23.6 Å². The number of hydrogen-bond donors (Lipinski definition) is 0. The largest absolute Gasteiger partial charge is 0.368 e. The van der Waals surface area contributed by atoms with E-state index >= 15 is 0 Å². The van der Waals surface area contributed by atoms with Gasteiger partial charge in [0, 0.05) is 31.9 Å². The van der Waals surface area contributed by atoms with Gasteiger partial charge in [-0.2, -0.15) is 0 Å². The molecule has 0 spiro atoms. The Labute approximate surface area is 143 Å². The SMILES string of the molecule is O=C(N1CCN(c2ccccc2)CC1)C1(c2ccccc2)CCC1. The Morgan fingerprint density at radius 1 is 0.792 bits per heavy atom. The van der Waals surface area contributed by atoms with Crippen molar-refractivity contribution in [2.24, 2.45) is 0 Å². The molecule has 0 radical (unpaired) electrons. The van der Waals surface area contributed by atoms with Gasteiger partial charge in [-0.05, 0) is 30.5 Å². The van der Waals surface area contributed by atoms with E-state index in [0.29, 0.717) is 5.91 Å². The standard InChI is InChI=1S/C21H24N2O/c24-20(21(12-7-13-21)18-8-3-1-4-9-18)23-16-14-22(15-17-23)19-10-5-2-6-11-19/h1-6,8-11H,7,12-17H2. The lowest BCUT2D eigenvalue weighted by Gasteiger charge is -2.46. The molecule has 0 atom stereocenters. The summed E-state index contributed by atoms with van der Waals surface area (Å²) in [6, 6.07) is 20.9. The first-order valence-corrected chi connectivity index (χ1v) is 8.94. The Morgan fingerprint density at radius 2 is 1.38 bits per heavy atom. The zero-order valence-corrected chi connectivity index (χ0v) is 14.0. The molecule has 0 N–H and O–H groups in total. The summed E-state index contributed by atoms with van der Waals surface area (Å²) < 4.78 is 0. The first-order valence-electron chi connectivity index (χ1n) is 8.94. The van der Waals surface area contributed by atoms with Crippen molar-refractivity contribution in [2.75, 3.05) is 31.1 Å². The van der Waals surface area contributed by atoms with Gasteiger partial charge in [0.1, 0.15) is 0 Å². The summed E-state index contributed by atoms with van der Waals surface area (Å²) in [6.07, 6.45) is 3.15. The van der Waals surface area contributed by atoms with Crippen LogP contribution in [0.15, 0.2) is 60.7 Å². The van der Waals surface area contributed by atoms with Crippen LogP contribution in [0.2, 0.25) is 0 Å². The number of hydrogen-bond acceptors (Lipinski definition) is 2. The van der Waals surface area contributed by atoms with Gasteiger partial charge in [-0.3, -0.25) is 4.79 Å². The number of nitrogens with zero attached hydrogens (tertiary/aromatic N) is 2. The average Bonchev–Trinajstić information content (AvgIpc) is 2.62. The van der Waals surface area contributed by atoms with Crippen LogP contribution >= 0.6 is 0 Å². The van der Waals surface area contributed by atoms with Crippen LogP contribution in [0.5, 0.6) is 0 Å². The summed E-state index contributed by atoms with van der Waals surface area (Å²) >= 11 is 0. The highest BCUT2D eigenvalue weighted by molar-refractivity contribution is 5.89. The van der Waals surface area contributed by atoms with Crippen molar-refractivity contribution in [1.29, 1.82) is 0 Å². The summed E-state index contributed by atoms with van der Waals surface area (Å²) in [4.78, 5) is 17.7. The normalized spacial score (nSPS) is 19.7. The maximum absolute atomic E-state index is 13.3. The average molecular weight is 320 g/mol. The summed E-state index contributed by atoms with van der Waals surface area (Å²) in [6.45, 7) is 3.48. The summed E-state index contributed by atoms with van der Waals surface area (Å²) in [5, 5.41) is 0. The fourth-order valence-electron chi connectivity index (χ4n) is 4.02. The van der Waals surface area contributed by atoms with Crippen molar-refractivity contribution in [1.82, 2.24) is 4.90 Å². The maximum Gasteiger partial charge on any atom is 0.233 e. The van der Waals surface area contributed by atoms with Crippen molar-refractivity contribution in [3.8, 4) is 0 Å². The van der Waals surface area contributed by atoms with Gasteiger partial charge < -0.3 is 9.80 Å². The van der Waals surface area contributed by atoms with Crippen LogP contribution in [0.3, 0.4) is 0 Å². The van der Waals surface area contributed by atoms with E-state index in [-0.39, 0.29) is 5.41 Å². The van der Waals surface area contributed by atoms with E-state index in [9.17, 15) is 4.79 Å². The molecule has 3 nitrogen and oxygen atoms in total. The molecule has 2 aromatic carbocycles. The van der Waals surface area contributed by atoms with Crippen molar-refractivity contribution < 1.29 is 4.79 Å². The number of piperazine rings is 1. The number of para-hydroxylation sites is 1. The molecule has 2 aliphatic rings. The number of carbonyl (C=O) groups excluding carboxylic acids is 1. The highest BCUT2D eigenvalue weighted by atomic mass is 16.2. The molecule has 1 saturated heterocycles. The number of amides is 1. The van der Waals surface area contributed by atoms with Crippen LogP contribution in [0.4, 0.5) is 5.69 Å². The number of benzene rings is 2. The van der Waals surface area contributed by atoms with E-state index in [1.807, 2.05) is 12.1 Å². The van der Waals surface area contributed by atoms with Crippen molar-refractivity contribution in [3.63, 3.8) is 0 Å². The molecule has 1 aliphatic carbocycles. The fraction of sp³-hybridized carbons (Fsp3) is 0.381. The second-order valence-corrected chi connectivity index (χ2v) is 6.92. The van der Waals surface area contributed by atoms with Crippen molar-refractivity contribution in [2.45, 2.75) is 24.7 Å². The van der Waals surface area contributed by atoms with Gasteiger partial charge in [0.15, 0.2) is 0 Å². The van der Waals surface area contributed by atoms with Gasteiger partial charge in [0.25, 0.3) is 0 Å². The second kappa shape index (κ2) is 6.31. The molecule has 1 amide bonds. The van der Waals surface area contributed by atoms with E-state index in [1.54, 1.807) is 0 Å². The molecule has 1 heterocycles. The third-order valence-corrected chi connectivity index (χ3v) is 5.63. The third kappa shape index (κ3) is 2.58. The van der Waals surface area contributed by atoms with Crippen LogP contribution in [0, 0.1) is 0 Å². The lowest BCUT2D eigenvalue weighted by Crippen LogP contribution is -2.56. The lowest BCUT2D eigenvalue weighted by molar-refractivity contribution is -0.141. The predicted octanol–water partition coefficient (Wildman–Crippen LogP) is 3.46. The molecule has 0 bridgehead atoms. The predicted molar refractivity (Wildman–Crippen MR) is 97.2 cm³/mol. The van der Waals surface area contributed by atoms with E-state index in [4.69, 9.17) is 0 Å². The number of carbonyl (C=O) groups is 1. The van der Waals surface area contributed by atoms with E-state index in [2.05, 4.69) is 58.3 Å². The van der Waals surface area contributed by atoms with Crippen LogP contribution in [-0.2, 0) is 10.2 Å². The Balaban J connectivity index is 1.46. The quantitative estimate of drug-likeness (QED) is 0.865. The van der Waals surface area contributed by atoms with Gasteiger partial charge in [-0.15, -0.1) is 0 Å². The molecule has 1 aliphatic heterocycles. The number of anilines is 1. The minimum Gasteiger partial charge on any atom is -0.368 e. The van der Waals surface area contributed by atoms with Crippen molar-refractivity contribution >= 4 is 11.6 Å². The van der Waals surface area contributed by atoms with Gasteiger partial charge in [-0.25, -0.2) is 0 Å². The zero-order valence-electron chi connectivity index (χ0n) is 14.0. The summed E-state index contributed by atoms with van der Waals surface area (Å²) in [5.74, 6) is 0.340. The molecule has 1 saturated carbocycles. The second-order valence-electron chi connectivity index (χ2n) is 6.92. The van der Waals surface area contributed by atoms with Crippen LogP contribution in [0.1, 0.15) is 24.8 Å². The lowest BCUT2D eigenvalue weighted by atomic mass is 9.63. The van der Waals surface area contributed by atoms with Gasteiger partial charge in [0.2, 0.25) is 5.91 Å². The highest BCUT2D eigenvalue weighted by Crippen LogP contribution is 2.45. The molecule has 2 aromatic rings. The van der Waals surface area contributed by atoms with Crippen LogP contribution in [0.25, 0.3) is 0 Å². The van der Waals surface area contributed by atoms with Gasteiger partial charge in [0.05, 0.1) is 5.41 Å². The maximum atomic E-state index is 13.3. The zero-order chi connectivity index (χ0) is 16.4. The van der Waals surface area contributed by atoms with Crippen LogP contribution < -0.4 is 4.90 Å². The van der Waals surface area contributed by atoms with Gasteiger partial charge >= 0.3 is 0 Å². The first kappa shape index (κ1) is 15.3. The Hall–Kier alpha value is -2.29. The molecule has 3 heteroatoms. The van der Waals surface area contributed by atoms with Gasteiger partial charge in [-0.1, -0.05) is 55.0 Å². The molecule has 2 fully saturated rings. The Morgan fingerprint density at radius 3 is 1.92 bits per heavy atom. The molecule has 4 rings (SSSR count). The summed E-state index contributed by atoms with van der Waals surface area (Å²) in [7, 11) is 0. The molecular formula is C21H24N2O. The Kier molecular flexibility index (Phi) is 4.01. The fourth-order valence-corrected chi connectivity index (χ4v) is 4.02. The van der Waals surface area contributed by atoms with E-state index in [0.717, 1.165) is 45.4 Å². The molecular weight excluding hydrogens is 296 g/mol. The molecule has 124 valence electrons. The van der Waals surface area contributed by atoms with E-state index < -0.39 is 0 Å². The summed E-state index contributed by atoms with van der Waals surface area (Å²) in [5.41, 5.74) is 2.20. The monoisotopic (exact) mass is 320 g/mol. The molecule has 0 aromatic heterocycles. The molecule has 24 heavy (non-hydrogen) atoms. The first-order chi connectivity index (χ1) is 11.8. The van der Waals surface area contributed by atoms with E-state index in [1.165, 1.54) is 11.3 Å². The minimum absolute atomic E-state index is 0.254. The molecule has 0 unspecified atom stereocenters. The Bertz CT molecular complexity index is 686. The highest BCUT2D eigenvalue weighted by Gasteiger charge is 2.47.